The Morgan fingerprint density at radius 3 is 2.41 bits per heavy atom. The molecule has 2 aromatic rings. The third-order valence-electron chi connectivity index (χ3n) is 4.05. The molecule has 1 amide bonds. The van der Waals surface area contributed by atoms with Gasteiger partial charge in [-0.05, 0) is 24.6 Å². The highest BCUT2D eigenvalue weighted by Gasteiger charge is 2.31. The fraction of sp³-hybridized carbons (Fsp3) is 0.350. The van der Waals surface area contributed by atoms with Crippen LogP contribution in [-0.4, -0.2) is 36.8 Å². The molecule has 0 bridgehead atoms. The zero-order chi connectivity index (χ0) is 19.7. The van der Waals surface area contributed by atoms with Crippen LogP contribution in [0.3, 0.4) is 0 Å². The number of hydrogen-bond donors (Lipinski definition) is 1. The Morgan fingerprint density at radius 1 is 1.07 bits per heavy atom. The van der Waals surface area contributed by atoms with Crippen LogP contribution in [0, 0.1) is 0 Å². The van der Waals surface area contributed by atoms with Gasteiger partial charge in [-0.1, -0.05) is 55.5 Å². The lowest BCUT2D eigenvalue weighted by Crippen LogP contribution is -2.38. The zero-order valence-corrected chi connectivity index (χ0v) is 15.1. The zero-order valence-electron chi connectivity index (χ0n) is 15.1. The first-order valence-electron chi connectivity index (χ1n) is 8.74. The molecule has 0 aliphatic rings. The SMILES string of the molecule is CCN(CCc1ccccc1)CC(=O)NCc1ccccc1OC(F)(F)F. The lowest BCUT2D eigenvalue weighted by atomic mass is 10.1. The predicted octanol–water partition coefficient (Wildman–Crippen LogP) is 3.77. The summed E-state index contributed by atoms with van der Waals surface area (Å²) in [6, 6.07) is 15.7. The van der Waals surface area contributed by atoms with Gasteiger partial charge in [0.05, 0.1) is 6.54 Å². The molecule has 0 aliphatic heterocycles. The largest absolute Gasteiger partial charge is 0.573 e. The molecule has 0 spiro atoms. The summed E-state index contributed by atoms with van der Waals surface area (Å²) in [5.41, 5.74) is 1.46. The van der Waals surface area contributed by atoms with Crippen LogP contribution >= 0.6 is 0 Å². The van der Waals surface area contributed by atoms with E-state index in [0.717, 1.165) is 13.0 Å². The molecule has 2 rings (SSSR count). The van der Waals surface area contributed by atoms with Gasteiger partial charge in [-0.3, -0.25) is 9.69 Å². The Hall–Kier alpha value is -2.54. The fourth-order valence-corrected chi connectivity index (χ4v) is 2.61. The fourth-order valence-electron chi connectivity index (χ4n) is 2.61. The number of benzene rings is 2. The summed E-state index contributed by atoms with van der Waals surface area (Å²) in [5, 5.41) is 2.66. The standard InChI is InChI=1S/C20H23F3N2O2/c1-2-25(13-12-16-8-4-3-5-9-16)15-19(26)24-14-17-10-6-7-11-18(17)27-20(21,22)23/h3-11H,2,12-15H2,1H3,(H,24,26). The molecule has 0 heterocycles. The Balaban J connectivity index is 1.84. The molecule has 0 unspecified atom stereocenters. The van der Waals surface area contributed by atoms with E-state index in [1.807, 2.05) is 42.2 Å². The third kappa shape index (κ3) is 7.70. The van der Waals surface area contributed by atoms with Crippen LogP contribution in [0.15, 0.2) is 54.6 Å². The quantitative estimate of drug-likeness (QED) is 0.720. The second-order valence-corrected chi connectivity index (χ2v) is 6.04. The first kappa shape index (κ1) is 20.8. The number of alkyl halides is 3. The molecule has 7 heteroatoms. The summed E-state index contributed by atoms with van der Waals surface area (Å²) < 4.78 is 41.3. The number of likely N-dealkylation sites (N-methyl/N-ethyl adjacent to an activating group) is 1. The first-order valence-corrected chi connectivity index (χ1v) is 8.74. The van der Waals surface area contributed by atoms with Crippen LogP contribution < -0.4 is 10.1 Å². The smallest absolute Gasteiger partial charge is 0.405 e. The molecule has 27 heavy (non-hydrogen) atoms. The minimum Gasteiger partial charge on any atom is -0.405 e. The van der Waals surface area contributed by atoms with Gasteiger partial charge in [0, 0.05) is 18.7 Å². The third-order valence-corrected chi connectivity index (χ3v) is 4.05. The number of halogens is 3. The lowest BCUT2D eigenvalue weighted by Gasteiger charge is -2.20. The van der Waals surface area contributed by atoms with Crippen molar-refractivity contribution >= 4 is 5.91 Å². The number of hydrogen-bond acceptors (Lipinski definition) is 3. The monoisotopic (exact) mass is 380 g/mol. The number of amides is 1. The highest BCUT2D eigenvalue weighted by atomic mass is 19.4. The Morgan fingerprint density at radius 2 is 1.74 bits per heavy atom. The maximum Gasteiger partial charge on any atom is 0.573 e. The van der Waals surface area contributed by atoms with Crippen LogP contribution in [0.1, 0.15) is 18.1 Å². The Kier molecular flexibility index (Phi) is 7.67. The van der Waals surface area contributed by atoms with Crippen LogP contribution in [0.2, 0.25) is 0 Å². The summed E-state index contributed by atoms with van der Waals surface area (Å²) in [6.07, 6.45) is -3.94. The van der Waals surface area contributed by atoms with Gasteiger partial charge in [0.25, 0.3) is 0 Å². The molecule has 0 saturated heterocycles. The minimum absolute atomic E-state index is 0.0265. The molecule has 146 valence electrons. The summed E-state index contributed by atoms with van der Waals surface area (Å²) >= 11 is 0. The van der Waals surface area contributed by atoms with Crippen LogP contribution in [0.4, 0.5) is 13.2 Å². The number of carbonyl (C=O) groups excluding carboxylic acids is 1. The summed E-state index contributed by atoms with van der Waals surface area (Å²) in [5.74, 6) is -0.548. The number of nitrogens with one attached hydrogen (secondary N) is 1. The van der Waals surface area contributed by atoms with Crippen molar-refractivity contribution in [1.29, 1.82) is 0 Å². The number of ether oxygens (including phenoxy) is 1. The summed E-state index contributed by atoms with van der Waals surface area (Å²) in [6.45, 7) is 3.55. The maximum absolute atomic E-state index is 12.4. The molecule has 0 aliphatic carbocycles. The predicted molar refractivity (Wildman–Crippen MR) is 97.2 cm³/mol. The van der Waals surface area contributed by atoms with Gasteiger partial charge in [-0.15, -0.1) is 13.2 Å². The molecule has 0 aromatic heterocycles. The van der Waals surface area contributed by atoms with Crippen molar-refractivity contribution in [2.75, 3.05) is 19.6 Å². The summed E-state index contributed by atoms with van der Waals surface area (Å²) in [7, 11) is 0. The average molecular weight is 380 g/mol. The van der Waals surface area contributed by atoms with Crippen LogP contribution in [-0.2, 0) is 17.8 Å². The van der Waals surface area contributed by atoms with E-state index >= 15 is 0 Å². The maximum atomic E-state index is 12.4. The normalized spacial score (nSPS) is 11.4. The number of carbonyl (C=O) groups is 1. The Labute approximate surface area is 156 Å². The summed E-state index contributed by atoms with van der Waals surface area (Å²) in [4.78, 5) is 14.2. The highest BCUT2D eigenvalue weighted by molar-refractivity contribution is 5.78. The van der Waals surface area contributed by atoms with E-state index in [1.165, 1.54) is 23.8 Å². The van der Waals surface area contributed by atoms with Gasteiger partial charge in [-0.25, -0.2) is 0 Å². The van der Waals surface area contributed by atoms with E-state index in [0.29, 0.717) is 6.54 Å². The molecule has 4 nitrogen and oxygen atoms in total. The van der Waals surface area contributed by atoms with Crippen molar-refractivity contribution in [2.45, 2.75) is 26.3 Å². The van der Waals surface area contributed by atoms with Crippen molar-refractivity contribution in [3.05, 3.63) is 65.7 Å². The van der Waals surface area contributed by atoms with E-state index in [9.17, 15) is 18.0 Å². The van der Waals surface area contributed by atoms with Crippen LogP contribution in [0.25, 0.3) is 0 Å². The highest BCUT2D eigenvalue weighted by Crippen LogP contribution is 2.26. The molecular weight excluding hydrogens is 357 g/mol. The van der Waals surface area contributed by atoms with E-state index in [4.69, 9.17) is 0 Å². The molecular formula is C20H23F3N2O2. The van der Waals surface area contributed by atoms with Crippen LogP contribution in [0.5, 0.6) is 5.75 Å². The molecule has 2 aromatic carbocycles. The van der Waals surface area contributed by atoms with Crippen molar-refractivity contribution in [3.63, 3.8) is 0 Å². The second-order valence-electron chi connectivity index (χ2n) is 6.04. The van der Waals surface area contributed by atoms with E-state index < -0.39 is 6.36 Å². The molecule has 0 fully saturated rings. The minimum atomic E-state index is -4.77. The Bertz CT molecular complexity index is 721. The van der Waals surface area contributed by atoms with E-state index in [-0.39, 0.29) is 30.3 Å². The van der Waals surface area contributed by atoms with E-state index in [2.05, 4.69) is 10.1 Å². The van der Waals surface area contributed by atoms with Gasteiger partial charge >= 0.3 is 6.36 Å². The molecule has 0 atom stereocenters. The number of para-hydroxylation sites is 1. The van der Waals surface area contributed by atoms with Gasteiger partial charge < -0.3 is 10.1 Å². The molecule has 0 radical (unpaired) electrons. The lowest BCUT2D eigenvalue weighted by molar-refractivity contribution is -0.274. The topological polar surface area (TPSA) is 41.6 Å². The van der Waals surface area contributed by atoms with Gasteiger partial charge in [0.15, 0.2) is 0 Å². The van der Waals surface area contributed by atoms with Gasteiger partial charge in [-0.2, -0.15) is 0 Å². The molecule has 1 N–H and O–H groups in total. The average Bonchev–Trinajstić information content (AvgIpc) is 2.64. The van der Waals surface area contributed by atoms with Crippen molar-refractivity contribution in [3.8, 4) is 5.75 Å². The number of nitrogens with zero attached hydrogens (tertiary/aromatic N) is 1. The van der Waals surface area contributed by atoms with Gasteiger partial charge in [0.2, 0.25) is 5.91 Å². The van der Waals surface area contributed by atoms with E-state index in [1.54, 1.807) is 6.07 Å². The van der Waals surface area contributed by atoms with Crippen molar-refractivity contribution in [2.24, 2.45) is 0 Å². The molecule has 0 saturated carbocycles. The first-order chi connectivity index (χ1) is 12.9. The van der Waals surface area contributed by atoms with Crippen molar-refractivity contribution in [1.82, 2.24) is 10.2 Å². The second kappa shape index (κ2) is 9.97. The van der Waals surface area contributed by atoms with Gasteiger partial charge in [0.1, 0.15) is 5.75 Å². The number of rotatable bonds is 9. The van der Waals surface area contributed by atoms with Crippen molar-refractivity contribution < 1.29 is 22.7 Å².